The minimum Gasteiger partial charge on any atom is -0.497 e. The van der Waals surface area contributed by atoms with E-state index in [2.05, 4.69) is 17.1 Å². The van der Waals surface area contributed by atoms with Crippen molar-refractivity contribution in [3.05, 3.63) is 64.2 Å². The summed E-state index contributed by atoms with van der Waals surface area (Å²) in [7, 11) is 1.67. The molecular weight excluding hydrogens is 382 g/mol. The van der Waals surface area contributed by atoms with Gasteiger partial charge in [-0.15, -0.1) is 11.3 Å². The molecule has 0 bridgehead atoms. The number of amides is 1. The van der Waals surface area contributed by atoms with Crippen LogP contribution in [0.25, 0.3) is 11.3 Å². The molecule has 0 spiro atoms. The molecule has 3 aromatic rings. The highest BCUT2D eigenvalue weighted by Gasteiger charge is 2.26. The highest BCUT2D eigenvalue weighted by molar-refractivity contribution is 7.09. The number of aromatic nitrogens is 2. The molecular formula is C23H25N3O2S. The summed E-state index contributed by atoms with van der Waals surface area (Å²) in [6, 6.07) is 14.1. The maximum absolute atomic E-state index is 12.8. The number of methoxy groups -OCH3 is 1. The van der Waals surface area contributed by atoms with E-state index in [9.17, 15) is 4.79 Å². The van der Waals surface area contributed by atoms with Crippen LogP contribution in [-0.4, -0.2) is 41.0 Å². The molecule has 0 N–H and O–H groups in total. The quantitative estimate of drug-likeness (QED) is 0.626. The zero-order valence-corrected chi connectivity index (χ0v) is 17.6. The fourth-order valence-electron chi connectivity index (χ4n) is 3.80. The average molecular weight is 408 g/mol. The van der Waals surface area contributed by atoms with Crippen LogP contribution >= 0.6 is 11.3 Å². The molecule has 0 saturated carbocycles. The summed E-state index contributed by atoms with van der Waals surface area (Å²) in [5.74, 6) is 1.26. The first-order chi connectivity index (χ1) is 14.1. The Kier molecular flexibility index (Phi) is 5.90. The molecule has 0 aliphatic carbocycles. The molecule has 1 atom stereocenters. The molecule has 1 fully saturated rings. The van der Waals surface area contributed by atoms with Gasteiger partial charge in [-0.25, -0.2) is 4.98 Å². The van der Waals surface area contributed by atoms with Gasteiger partial charge < -0.3 is 9.64 Å². The van der Waals surface area contributed by atoms with Crippen molar-refractivity contribution in [3.8, 4) is 17.0 Å². The summed E-state index contributed by atoms with van der Waals surface area (Å²) < 4.78 is 5.24. The maximum atomic E-state index is 12.8. The Labute approximate surface area is 175 Å². The van der Waals surface area contributed by atoms with E-state index in [4.69, 9.17) is 9.72 Å². The number of hydrogen-bond acceptors (Lipinski definition) is 5. The molecule has 1 aliphatic heterocycles. The number of carbonyl (C=O) groups is 1. The van der Waals surface area contributed by atoms with Crippen molar-refractivity contribution in [1.29, 1.82) is 0 Å². The van der Waals surface area contributed by atoms with Crippen molar-refractivity contribution in [2.75, 3.05) is 20.2 Å². The summed E-state index contributed by atoms with van der Waals surface area (Å²) in [5.41, 5.74) is 3.95. The van der Waals surface area contributed by atoms with Crippen LogP contribution < -0.4 is 4.74 Å². The number of thiazole rings is 1. The molecule has 1 aliphatic rings. The van der Waals surface area contributed by atoms with Gasteiger partial charge in [-0.1, -0.05) is 6.07 Å². The Morgan fingerprint density at radius 1 is 1.21 bits per heavy atom. The highest BCUT2D eigenvalue weighted by atomic mass is 32.1. The number of rotatable bonds is 5. The molecule has 2 aromatic heterocycles. The number of benzene rings is 1. The first-order valence-electron chi connectivity index (χ1n) is 9.92. The summed E-state index contributed by atoms with van der Waals surface area (Å²) in [6.45, 7) is 3.51. The van der Waals surface area contributed by atoms with Gasteiger partial charge >= 0.3 is 0 Å². The van der Waals surface area contributed by atoms with Gasteiger partial charge in [0.15, 0.2) is 0 Å². The Morgan fingerprint density at radius 2 is 2.03 bits per heavy atom. The van der Waals surface area contributed by atoms with E-state index >= 15 is 0 Å². The standard InChI is InChI=1S/C23H25N3O2S/c1-16-24-19(15-29-16)13-23(27)26-12-4-5-18(14-26)22-7-3-6-21(25-22)17-8-10-20(28-2)11-9-17/h3,6-11,15,18H,4-5,12-14H2,1-2H3/t18-/m0/s1. The SMILES string of the molecule is COc1ccc(-c2cccc([C@H]3CCCN(C(=O)Cc4csc(C)n4)C3)n2)cc1. The Morgan fingerprint density at radius 3 is 2.76 bits per heavy atom. The largest absolute Gasteiger partial charge is 0.497 e. The van der Waals surface area contributed by atoms with Crippen LogP contribution in [0.2, 0.25) is 0 Å². The third kappa shape index (κ3) is 4.65. The topological polar surface area (TPSA) is 55.3 Å². The number of aryl methyl sites for hydroxylation is 1. The molecule has 6 heteroatoms. The average Bonchev–Trinajstić information content (AvgIpc) is 3.18. The van der Waals surface area contributed by atoms with E-state index in [0.717, 1.165) is 59.3 Å². The lowest BCUT2D eigenvalue weighted by atomic mass is 9.93. The van der Waals surface area contributed by atoms with Crippen molar-refractivity contribution in [3.63, 3.8) is 0 Å². The zero-order valence-electron chi connectivity index (χ0n) is 16.8. The molecule has 3 heterocycles. The lowest BCUT2D eigenvalue weighted by Crippen LogP contribution is -2.40. The second kappa shape index (κ2) is 8.74. The van der Waals surface area contributed by atoms with Gasteiger partial charge in [-0.05, 0) is 56.2 Å². The number of likely N-dealkylation sites (tertiary alicyclic amines) is 1. The Hall–Kier alpha value is -2.73. The first kappa shape index (κ1) is 19.6. The second-order valence-corrected chi connectivity index (χ2v) is 8.45. The van der Waals surface area contributed by atoms with Gasteiger partial charge in [0, 0.05) is 35.6 Å². The number of carbonyl (C=O) groups excluding carboxylic acids is 1. The highest BCUT2D eigenvalue weighted by Crippen LogP contribution is 2.28. The molecule has 29 heavy (non-hydrogen) atoms. The van der Waals surface area contributed by atoms with E-state index in [-0.39, 0.29) is 11.8 Å². The fourth-order valence-corrected chi connectivity index (χ4v) is 4.42. The van der Waals surface area contributed by atoms with Crippen molar-refractivity contribution in [2.45, 2.75) is 32.1 Å². The van der Waals surface area contributed by atoms with Gasteiger partial charge in [-0.3, -0.25) is 9.78 Å². The summed E-state index contributed by atoms with van der Waals surface area (Å²) >= 11 is 1.59. The van der Waals surface area contributed by atoms with Gasteiger partial charge in [0.1, 0.15) is 5.75 Å². The summed E-state index contributed by atoms with van der Waals surface area (Å²) in [6.07, 6.45) is 2.44. The van der Waals surface area contributed by atoms with Crippen molar-refractivity contribution in [2.24, 2.45) is 0 Å². The number of pyridine rings is 1. The smallest absolute Gasteiger partial charge is 0.228 e. The zero-order chi connectivity index (χ0) is 20.2. The molecule has 150 valence electrons. The number of nitrogens with zero attached hydrogens (tertiary/aromatic N) is 3. The van der Waals surface area contributed by atoms with Gasteiger partial charge in [-0.2, -0.15) is 0 Å². The van der Waals surface area contributed by atoms with Crippen LogP contribution in [0.3, 0.4) is 0 Å². The summed E-state index contributed by atoms with van der Waals surface area (Å²) in [4.78, 5) is 24.1. The predicted molar refractivity (Wildman–Crippen MR) is 115 cm³/mol. The van der Waals surface area contributed by atoms with Crippen LogP contribution in [0.1, 0.15) is 35.2 Å². The molecule has 0 unspecified atom stereocenters. The third-order valence-corrected chi connectivity index (χ3v) is 6.17. The Bertz CT molecular complexity index is 984. The minimum absolute atomic E-state index is 0.159. The molecule has 1 aromatic carbocycles. The van der Waals surface area contributed by atoms with E-state index in [0.29, 0.717) is 6.42 Å². The molecule has 5 nitrogen and oxygen atoms in total. The fraction of sp³-hybridized carbons (Fsp3) is 0.348. The lowest BCUT2D eigenvalue weighted by molar-refractivity contribution is -0.131. The lowest BCUT2D eigenvalue weighted by Gasteiger charge is -2.32. The number of hydrogen-bond donors (Lipinski definition) is 0. The van der Waals surface area contributed by atoms with Crippen LogP contribution in [0.5, 0.6) is 5.75 Å². The maximum Gasteiger partial charge on any atom is 0.228 e. The number of piperidine rings is 1. The van der Waals surface area contributed by atoms with Crippen LogP contribution in [0, 0.1) is 6.92 Å². The van der Waals surface area contributed by atoms with E-state index in [1.54, 1.807) is 18.4 Å². The van der Waals surface area contributed by atoms with E-state index in [1.807, 2.05) is 47.5 Å². The molecule has 0 radical (unpaired) electrons. The van der Waals surface area contributed by atoms with Crippen LogP contribution in [-0.2, 0) is 11.2 Å². The minimum atomic E-state index is 0.159. The second-order valence-electron chi connectivity index (χ2n) is 7.39. The monoisotopic (exact) mass is 407 g/mol. The predicted octanol–water partition coefficient (Wildman–Crippen LogP) is 4.47. The van der Waals surface area contributed by atoms with Crippen molar-refractivity contribution >= 4 is 17.2 Å². The Balaban J connectivity index is 1.47. The van der Waals surface area contributed by atoms with Crippen LogP contribution in [0.15, 0.2) is 47.8 Å². The van der Waals surface area contributed by atoms with Gasteiger partial charge in [0.05, 0.1) is 29.9 Å². The first-order valence-corrected chi connectivity index (χ1v) is 10.8. The van der Waals surface area contributed by atoms with Crippen molar-refractivity contribution in [1.82, 2.24) is 14.9 Å². The number of ether oxygens (including phenoxy) is 1. The van der Waals surface area contributed by atoms with Gasteiger partial charge in [0.25, 0.3) is 0 Å². The summed E-state index contributed by atoms with van der Waals surface area (Å²) in [5, 5.41) is 2.98. The van der Waals surface area contributed by atoms with Crippen LogP contribution in [0.4, 0.5) is 0 Å². The van der Waals surface area contributed by atoms with Crippen molar-refractivity contribution < 1.29 is 9.53 Å². The molecule has 4 rings (SSSR count). The van der Waals surface area contributed by atoms with E-state index in [1.165, 1.54) is 0 Å². The molecule has 1 amide bonds. The molecule has 1 saturated heterocycles. The van der Waals surface area contributed by atoms with Gasteiger partial charge in [0.2, 0.25) is 5.91 Å². The normalized spacial score (nSPS) is 16.6. The third-order valence-electron chi connectivity index (χ3n) is 5.35. The van der Waals surface area contributed by atoms with E-state index < -0.39 is 0 Å².